The van der Waals surface area contributed by atoms with Crippen LogP contribution in [0.2, 0.25) is 0 Å². The molecule has 0 heterocycles. The minimum absolute atomic E-state index is 1.18. The van der Waals surface area contributed by atoms with Gasteiger partial charge in [-0.05, 0) is 134 Å². The van der Waals surface area contributed by atoms with E-state index in [2.05, 4.69) is 255 Å². The summed E-state index contributed by atoms with van der Waals surface area (Å²) in [7, 11) is 0. The van der Waals surface area contributed by atoms with E-state index in [1.54, 1.807) is 0 Å². The predicted octanol–water partition coefficient (Wildman–Crippen LogP) is 16.8. The van der Waals surface area contributed by atoms with Crippen LogP contribution in [0, 0.1) is 0 Å². The highest BCUT2D eigenvalue weighted by Crippen LogP contribution is 2.44. The van der Waals surface area contributed by atoms with E-state index in [1.807, 2.05) is 0 Å². The zero-order valence-corrected chi connectivity index (χ0v) is 34.2. The Kier molecular flexibility index (Phi) is 9.65. The highest BCUT2D eigenvalue weighted by Gasteiger charge is 2.18. The van der Waals surface area contributed by atoms with Gasteiger partial charge in [0.2, 0.25) is 0 Å². The quantitative estimate of drug-likeness (QED) is 0.106. The monoisotopic (exact) mass is 786 g/mol. The maximum absolute atomic E-state index is 2.32. The van der Waals surface area contributed by atoms with Crippen LogP contribution >= 0.6 is 0 Å². The van der Waals surface area contributed by atoms with Crippen molar-refractivity contribution in [1.82, 2.24) is 0 Å². The summed E-state index contributed by atoms with van der Waals surface area (Å²) in [5.41, 5.74) is 14.4. The van der Waals surface area contributed by atoms with Gasteiger partial charge in [0, 0.05) is 0 Å². The summed E-state index contributed by atoms with van der Waals surface area (Å²) in [5.74, 6) is 0. The van der Waals surface area contributed by atoms with Crippen LogP contribution < -0.4 is 0 Å². The Morgan fingerprint density at radius 1 is 0.242 bits per heavy atom. The second kappa shape index (κ2) is 16.2. The van der Waals surface area contributed by atoms with Crippen LogP contribution in [0.4, 0.5) is 0 Å². The summed E-state index contributed by atoms with van der Waals surface area (Å²) in [4.78, 5) is 0. The van der Waals surface area contributed by atoms with Crippen molar-refractivity contribution in [2.24, 2.45) is 0 Å². The zero-order chi connectivity index (χ0) is 41.2. The first-order chi connectivity index (χ1) is 30.7. The summed E-state index contributed by atoms with van der Waals surface area (Å²) in [5, 5.41) is 9.97. The first-order valence-electron chi connectivity index (χ1n) is 21.4. The third-order valence-corrected chi connectivity index (χ3v) is 12.2. The average Bonchev–Trinajstić information content (AvgIpc) is 3.35. The summed E-state index contributed by atoms with van der Waals surface area (Å²) < 4.78 is 0. The number of rotatable bonds is 8. The molecule has 0 bridgehead atoms. The van der Waals surface area contributed by atoms with Gasteiger partial charge in [0.15, 0.2) is 0 Å². The van der Waals surface area contributed by atoms with E-state index < -0.39 is 0 Å². The predicted molar refractivity (Wildman–Crippen MR) is 267 cm³/mol. The van der Waals surface area contributed by atoms with Gasteiger partial charge >= 0.3 is 0 Å². The van der Waals surface area contributed by atoms with Crippen LogP contribution in [-0.4, -0.2) is 0 Å². The van der Waals surface area contributed by atoms with Crippen LogP contribution in [0.5, 0.6) is 0 Å². The molecule has 0 radical (unpaired) electrons. The van der Waals surface area contributed by atoms with Gasteiger partial charge in [0.1, 0.15) is 0 Å². The van der Waals surface area contributed by atoms with Gasteiger partial charge < -0.3 is 0 Å². The van der Waals surface area contributed by atoms with Crippen LogP contribution in [0.1, 0.15) is 33.4 Å². The fourth-order valence-corrected chi connectivity index (χ4v) is 9.21. The van der Waals surface area contributed by atoms with Gasteiger partial charge in [-0.15, -0.1) is 0 Å². The molecule has 290 valence electrons. The van der Waals surface area contributed by atoms with Crippen molar-refractivity contribution in [2.45, 2.75) is 0 Å². The van der Waals surface area contributed by atoms with Gasteiger partial charge in [0.05, 0.1) is 0 Å². The number of benzene rings is 11. The number of hydrogen-bond acceptors (Lipinski definition) is 0. The molecule has 0 aromatic heterocycles. The minimum Gasteiger partial charge on any atom is -0.0622 e. The van der Waals surface area contributed by atoms with Crippen LogP contribution in [0.3, 0.4) is 0 Å². The Balaban J connectivity index is 1.00. The van der Waals surface area contributed by atoms with Crippen molar-refractivity contribution in [3.63, 3.8) is 0 Å². The Morgan fingerprint density at radius 2 is 0.548 bits per heavy atom. The lowest BCUT2D eigenvalue weighted by atomic mass is 9.85. The third-order valence-electron chi connectivity index (χ3n) is 12.2. The summed E-state index contributed by atoms with van der Waals surface area (Å²) >= 11 is 0. The van der Waals surface area contributed by atoms with E-state index in [4.69, 9.17) is 0 Å². The fraction of sp³-hybridized carbons (Fsp3) is 0. The number of hydrogen-bond donors (Lipinski definition) is 0. The van der Waals surface area contributed by atoms with Crippen molar-refractivity contribution in [2.75, 3.05) is 0 Å². The molecule has 0 fully saturated rings. The molecule has 0 aliphatic rings. The lowest BCUT2D eigenvalue weighted by molar-refractivity contribution is 1.55. The Bertz CT molecular complexity index is 3170. The molecule has 0 nitrogen and oxygen atoms in total. The van der Waals surface area contributed by atoms with Crippen molar-refractivity contribution in [3.05, 3.63) is 276 Å². The van der Waals surface area contributed by atoms with Gasteiger partial charge in [-0.25, -0.2) is 0 Å². The largest absolute Gasteiger partial charge is 0.0622 e. The summed E-state index contributed by atoms with van der Waals surface area (Å²) in [6, 6.07) is 88.3. The van der Waals surface area contributed by atoms with E-state index in [1.165, 1.54) is 110 Å². The van der Waals surface area contributed by atoms with E-state index in [0.717, 1.165) is 0 Å². The molecule has 0 N–H and O–H groups in total. The van der Waals surface area contributed by atoms with E-state index >= 15 is 0 Å². The number of fused-ring (bicyclic) bond motifs is 4. The normalized spacial score (nSPS) is 12.1. The Morgan fingerprint density at radius 3 is 0.919 bits per heavy atom. The van der Waals surface area contributed by atoms with Crippen molar-refractivity contribution >= 4 is 66.4 Å². The van der Waals surface area contributed by atoms with Crippen LogP contribution in [-0.2, 0) is 0 Å². The molecular formula is C62H42. The molecule has 0 heteroatoms. The van der Waals surface area contributed by atoms with E-state index in [0.29, 0.717) is 0 Å². The van der Waals surface area contributed by atoms with Crippen molar-refractivity contribution in [1.29, 1.82) is 0 Å². The van der Waals surface area contributed by atoms with Crippen molar-refractivity contribution < 1.29 is 0 Å². The Hall–Kier alpha value is -8.06. The lowest BCUT2D eigenvalue weighted by Gasteiger charge is -2.18. The molecule has 0 unspecified atom stereocenters. The molecule has 62 heavy (non-hydrogen) atoms. The fourth-order valence-electron chi connectivity index (χ4n) is 9.21. The molecule has 0 saturated carbocycles. The standard InChI is InChI=1S/C62H42/c1-3-17-47(18-4-1)59(41-43-27-29-45-15-7-9-21-53(45)39-43)49-31-35-51(36-32-49)61-55-23-11-13-25-57(55)62(58-26-14-12-24-56(58)61)52-37-33-50(34-38-52)60(48-19-5-2-6-20-48)42-44-28-30-46-16-8-10-22-54(46)40-44/h1-42H. The second-order valence-corrected chi connectivity index (χ2v) is 16.1. The van der Waals surface area contributed by atoms with Crippen molar-refractivity contribution in [3.8, 4) is 22.3 Å². The molecular weight excluding hydrogens is 745 g/mol. The lowest BCUT2D eigenvalue weighted by Crippen LogP contribution is -1.93. The van der Waals surface area contributed by atoms with E-state index in [-0.39, 0.29) is 0 Å². The second-order valence-electron chi connectivity index (χ2n) is 16.1. The van der Waals surface area contributed by atoms with Gasteiger partial charge in [-0.3, -0.25) is 0 Å². The topological polar surface area (TPSA) is 0 Å². The smallest absolute Gasteiger partial charge is 0.00264 e. The van der Waals surface area contributed by atoms with Crippen LogP contribution in [0.15, 0.2) is 243 Å². The van der Waals surface area contributed by atoms with Crippen LogP contribution in [0.25, 0.3) is 88.6 Å². The highest BCUT2D eigenvalue weighted by atomic mass is 14.2. The molecule has 0 atom stereocenters. The molecule has 0 spiro atoms. The minimum atomic E-state index is 1.18. The SMILES string of the molecule is C(=C(c1ccccc1)c1ccc(-c2c3ccccc3c(-c3ccc(C(=Cc4ccc5ccccc5c4)c4ccccc4)cc3)c3ccccc23)cc1)c1ccc2ccccc2c1. The summed E-state index contributed by atoms with van der Waals surface area (Å²) in [6.45, 7) is 0. The molecule has 0 aliphatic heterocycles. The first kappa shape index (κ1) is 37.0. The average molecular weight is 787 g/mol. The highest BCUT2D eigenvalue weighted by molar-refractivity contribution is 6.21. The Labute approximate surface area is 363 Å². The van der Waals surface area contributed by atoms with Gasteiger partial charge in [-0.2, -0.15) is 0 Å². The molecule has 11 rings (SSSR count). The first-order valence-corrected chi connectivity index (χ1v) is 21.4. The van der Waals surface area contributed by atoms with E-state index in [9.17, 15) is 0 Å². The molecule has 11 aromatic carbocycles. The van der Waals surface area contributed by atoms with Gasteiger partial charge in [-0.1, -0.05) is 231 Å². The molecule has 0 amide bonds. The van der Waals surface area contributed by atoms with Gasteiger partial charge in [0.25, 0.3) is 0 Å². The molecule has 11 aromatic rings. The maximum Gasteiger partial charge on any atom is -0.00264 e. The summed E-state index contributed by atoms with van der Waals surface area (Å²) in [6.07, 6.45) is 4.65. The molecule has 0 aliphatic carbocycles. The zero-order valence-electron chi connectivity index (χ0n) is 34.2. The maximum atomic E-state index is 2.32. The third kappa shape index (κ3) is 7.08. The molecule has 0 saturated heterocycles.